The van der Waals surface area contributed by atoms with Gasteiger partial charge in [-0.3, -0.25) is 0 Å². The molecule has 0 heterocycles. The number of nitrogens with one attached hydrogen (secondary N) is 1. The summed E-state index contributed by atoms with van der Waals surface area (Å²) in [6.45, 7) is 1.56. The Morgan fingerprint density at radius 3 is 2.58 bits per heavy atom. The molecule has 0 aliphatic carbocycles. The number of amides is 1. The van der Waals surface area contributed by atoms with Gasteiger partial charge in [0.2, 0.25) is 0 Å². The van der Waals surface area contributed by atoms with E-state index in [4.69, 9.17) is 4.74 Å². The summed E-state index contributed by atoms with van der Waals surface area (Å²) >= 11 is 0. The highest BCUT2D eigenvalue weighted by Crippen LogP contribution is 2.29. The van der Waals surface area contributed by atoms with Gasteiger partial charge in [0.25, 0.3) is 0 Å². The number of hydrogen-bond acceptors (Lipinski definition) is 4. The van der Waals surface area contributed by atoms with E-state index in [9.17, 15) is 18.0 Å². The summed E-state index contributed by atoms with van der Waals surface area (Å²) in [7, 11) is 1.43. The molecule has 5 nitrogen and oxygen atoms in total. The van der Waals surface area contributed by atoms with Crippen molar-refractivity contribution in [2.45, 2.75) is 13.1 Å². The fraction of sp³-hybridized carbons (Fsp3) is 0.167. The molecule has 2 aromatic rings. The molecule has 0 aliphatic heterocycles. The molecule has 0 atom stereocenters. The smallest absolute Gasteiger partial charge is 0.410 e. The summed E-state index contributed by atoms with van der Waals surface area (Å²) in [6, 6.07) is 11.5. The van der Waals surface area contributed by atoms with Crippen LogP contribution in [0.1, 0.15) is 23.6 Å². The molecular formula is C18H16F3N3O2. The topological polar surface area (TPSA) is 63.0 Å². The number of alkyl halides is 3. The maximum absolute atomic E-state index is 12.8. The van der Waals surface area contributed by atoms with Crippen LogP contribution < -0.4 is 10.1 Å². The van der Waals surface area contributed by atoms with Crippen LogP contribution in [0.25, 0.3) is 0 Å². The fourth-order valence-electron chi connectivity index (χ4n) is 1.99. The first-order valence-corrected chi connectivity index (χ1v) is 7.55. The van der Waals surface area contributed by atoms with Crippen molar-refractivity contribution in [3.8, 4) is 5.75 Å². The van der Waals surface area contributed by atoms with Gasteiger partial charge >= 0.3 is 12.3 Å². The Hall–Kier alpha value is -3.16. The highest BCUT2D eigenvalue weighted by molar-refractivity contribution is 5.99. The zero-order chi connectivity index (χ0) is 19.2. The monoisotopic (exact) mass is 363 g/mol. The van der Waals surface area contributed by atoms with Crippen molar-refractivity contribution in [3.63, 3.8) is 0 Å². The Kier molecular flexibility index (Phi) is 6.11. The summed E-state index contributed by atoms with van der Waals surface area (Å²) in [5, 5.41) is 10.1. The lowest BCUT2D eigenvalue weighted by molar-refractivity contribution is -0.137. The molecule has 0 bridgehead atoms. The second-order valence-corrected chi connectivity index (χ2v) is 5.19. The third-order valence-electron chi connectivity index (χ3n) is 3.34. The van der Waals surface area contributed by atoms with Gasteiger partial charge in [-0.1, -0.05) is 24.3 Å². The van der Waals surface area contributed by atoms with Crippen LogP contribution in [0.3, 0.4) is 0 Å². The summed E-state index contributed by atoms with van der Waals surface area (Å²) in [6.07, 6.45) is -3.69. The van der Waals surface area contributed by atoms with Gasteiger partial charge in [-0.05, 0) is 36.8 Å². The predicted molar refractivity (Wildman–Crippen MR) is 92.8 cm³/mol. The summed E-state index contributed by atoms with van der Waals surface area (Å²) in [4.78, 5) is 11.3. The molecule has 0 saturated carbocycles. The Balaban J connectivity index is 2.21. The Morgan fingerprint density at radius 1 is 1.15 bits per heavy atom. The van der Waals surface area contributed by atoms with Gasteiger partial charge in [0.1, 0.15) is 5.75 Å². The Labute approximate surface area is 148 Å². The van der Waals surface area contributed by atoms with Crippen molar-refractivity contribution in [1.82, 2.24) is 5.32 Å². The first-order valence-electron chi connectivity index (χ1n) is 7.55. The van der Waals surface area contributed by atoms with Crippen molar-refractivity contribution in [2.75, 3.05) is 7.05 Å². The van der Waals surface area contributed by atoms with E-state index >= 15 is 0 Å². The third-order valence-corrected chi connectivity index (χ3v) is 3.34. The molecule has 1 amide bonds. The molecule has 2 rings (SSSR count). The molecule has 8 heteroatoms. The maximum atomic E-state index is 12.8. The van der Waals surface area contributed by atoms with E-state index in [0.29, 0.717) is 16.8 Å². The van der Waals surface area contributed by atoms with Gasteiger partial charge in [0.15, 0.2) is 0 Å². The minimum atomic E-state index is -4.42. The molecule has 26 heavy (non-hydrogen) atoms. The maximum Gasteiger partial charge on any atom is 0.416 e. The molecule has 0 aromatic heterocycles. The quantitative estimate of drug-likeness (QED) is 0.651. The van der Waals surface area contributed by atoms with Crippen molar-refractivity contribution < 1.29 is 22.7 Å². The molecule has 0 aliphatic rings. The van der Waals surface area contributed by atoms with Crippen LogP contribution in [0.15, 0.2) is 58.7 Å². The van der Waals surface area contributed by atoms with Crippen LogP contribution in [0.5, 0.6) is 5.75 Å². The van der Waals surface area contributed by atoms with Gasteiger partial charge in [-0.2, -0.15) is 23.4 Å². The summed E-state index contributed by atoms with van der Waals surface area (Å²) in [5.41, 5.74) is 0.374. The highest BCUT2D eigenvalue weighted by Gasteiger charge is 2.30. The second kappa shape index (κ2) is 8.28. The standard InChI is InChI=1S/C18H16F3N3O2/c1-12(13-7-5-8-15(10-13)18(19,20)21)24-23-11-14-6-3-4-9-16(14)26-17(25)22-2/h3-11H,1-2H3,(H,22,25). The number of carbonyl (C=O) groups excluding carboxylic acids is 1. The van der Waals surface area contributed by atoms with Crippen LogP contribution in [0, 0.1) is 0 Å². The third kappa shape index (κ3) is 5.17. The number of benzene rings is 2. The van der Waals surface area contributed by atoms with Gasteiger partial charge in [-0.25, -0.2) is 4.79 Å². The van der Waals surface area contributed by atoms with Gasteiger partial charge in [0.05, 0.1) is 17.5 Å². The highest BCUT2D eigenvalue weighted by atomic mass is 19.4. The van der Waals surface area contributed by atoms with Crippen molar-refractivity contribution >= 4 is 18.0 Å². The number of carbonyl (C=O) groups is 1. The van der Waals surface area contributed by atoms with E-state index < -0.39 is 17.8 Å². The largest absolute Gasteiger partial charge is 0.416 e. The lowest BCUT2D eigenvalue weighted by Crippen LogP contribution is -2.22. The summed E-state index contributed by atoms with van der Waals surface area (Å²) in [5.74, 6) is 0.280. The molecular weight excluding hydrogens is 347 g/mol. The summed E-state index contributed by atoms with van der Waals surface area (Å²) < 4.78 is 43.4. The van der Waals surface area contributed by atoms with E-state index in [1.165, 1.54) is 25.4 Å². The van der Waals surface area contributed by atoms with Gasteiger partial charge in [0, 0.05) is 12.6 Å². The number of ether oxygens (including phenoxy) is 1. The molecule has 136 valence electrons. The minimum absolute atomic E-state index is 0.280. The second-order valence-electron chi connectivity index (χ2n) is 5.19. The zero-order valence-corrected chi connectivity index (χ0v) is 14.0. The van der Waals surface area contributed by atoms with Crippen molar-refractivity contribution in [1.29, 1.82) is 0 Å². The van der Waals surface area contributed by atoms with Crippen LogP contribution >= 0.6 is 0 Å². The number of halogens is 3. The average molecular weight is 363 g/mol. The number of rotatable bonds is 4. The van der Waals surface area contributed by atoms with E-state index in [2.05, 4.69) is 15.5 Å². The molecule has 2 aromatic carbocycles. The van der Waals surface area contributed by atoms with E-state index in [1.807, 2.05) is 0 Å². The van der Waals surface area contributed by atoms with Crippen LogP contribution in [0.2, 0.25) is 0 Å². The number of para-hydroxylation sites is 1. The lowest BCUT2D eigenvalue weighted by atomic mass is 10.1. The Morgan fingerprint density at radius 2 is 1.88 bits per heavy atom. The number of nitrogens with zero attached hydrogens (tertiary/aromatic N) is 2. The van der Waals surface area contributed by atoms with Crippen LogP contribution in [-0.2, 0) is 6.18 Å². The molecule has 0 fully saturated rings. The molecule has 1 N–H and O–H groups in total. The molecule has 0 unspecified atom stereocenters. The lowest BCUT2D eigenvalue weighted by Gasteiger charge is -2.08. The van der Waals surface area contributed by atoms with Gasteiger partial charge < -0.3 is 10.1 Å². The number of hydrogen-bond donors (Lipinski definition) is 1. The average Bonchev–Trinajstić information content (AvgIpc) is 2.62. The van der Waals surface area contributed by atoms with E-state index in [-0.39, 0.29) is 5.75 Å². The first-order chi connectivity index (χ1) is 12.3. The van der Waals surface area contributed by atoms with E-state index in [1.54, 1.807) is 31.2 Å². The fourth-order valence-corrected chi connectivity index (χ4v) is 1.99. The van der Waals surface area contributed by atoms with Crippen molar-refractivity contribution in [3.05, 3.63) is 65.2 Å². The Bertz CT molecular complexity index is 846. The van der Waals surface area contributed by atoms with Crippen molar-refractivity contribution in [2.24, 2.45) is 10.2 Å². The van der Waals surface area contributed by atoms with E-state index in [0.717, 1.165) is 12.1 Å². The molecule has 0 radical (unpaired) electrons. The molecule has 0 saturated heterocycles. The van der Waals surface area contributed by atoms with Crippen LogP contribution in [0.4, 0.5) is 18.0 Å². The first kappa shape index (κ1) is 19.2. The zero-order valence-electron chi connectivity index (χ0n) is 14.0. The minimum Gasteiger partial charge on any atom is -0.410 e. The normalized spacial score (nSPS) is 12.3. The SMILES string of the molecule is CNC(=O)Oc1ccccc1C=NN=C(C)c1cccc(C(F)(F)F)c1. The van der Waals surface area contributed by atoms with Gasteiger partial charge in [-0.15, -0.1) is 0 Å². The predicted octanol–water partition coefficient (Wildman–Crippen LogP) is 4.27. The van der Waals surface area contributed by atoms with Crippen LogP contribution in [-0.4, -0.2) is 25.1 Å². The molecule has 0 spiro atoms.